The molecule has 2 fully saturated rings. The SMILES string of the molecule is O=C(NC1CCC2CN(C(=O)c3ccc(F)c(O)c3)CCC2C1)c1cc2c(nn1)CCCC2. The minimum Gasteiger partial charge on any atom is -0.505 e. The fourth-order valence-electron chi connectivity index (χ4n) is 5.62. The number of benzene rings is 1. The molecule has 174 valence electrons. The molecule has 2 heterocycles. The molecule has 2 N–H and O–H groups in total. The second-order valence-electron chi connectivity index (χ2n) is 9.62. The Labute approximate surface area is 192 Å². The number of phenolic OH excluding ortho intramolecular Hbond substituents is 1. The maximum Gasteiger partial charge on any atom is 0.272 e. The number of carbonyl (C=O) groups is 2. The highest BCUT2D eigenvalue weighted by molar-refractivity contribution is 5.94. The van der Waals surface area contributed by atoms with E-state index in [-0.39, 0.29) is 17.9 Å². The Morgan fingerprint density at radius 2 is 1.91 bits per heavy atom. The molecule has 2 aromatic rings. The van der Waals surface area contributed by atoms with Crippen molar-refractivity contribution in [1.29, 1.82) is 0 Å². The summed E-state index contributed by atoms with van der Waals surface area (Å²) >= 11 is 0. The first-order valence-electron chi connectivity index (χ1n) is 11.9. The topological polar surface area (TPSA) is 95.4 Å². The number of rotatable bonds is 3. The van der Waals surface area contributed by atoms with Crippen molar-refractivity contribution in [2.75, 3.05) is 13.1 Å². The number of aromatic nitrogens is 2. The Balaban J connectivity index is 1.17. The van der Waals surface area contributed by atoms with Crippen LogP contribution in [0.5, 0.6) is 5.75 Å². The van der Waals surface area contributed by atoms with Crippen LogP contribution in [0.3, 0.4) is 0 Å². The molecule has 7 nitrogen and oxygen atoms in total. The Hall–Kier alpha value is -3.03. The summed E-state index contributed by atoms with van der Waals surface area (Å²) in [5.74, 6) is -0.728. The number of hydrogen-bond acceptors (Lipinski definition) is 5. The van der Waals surface area contributed by atoms with E-state index in [0.29, 0.717) is 36.2 Å². The van der Waals surface area contributed by atoms with E-state index < -0.39 is 11.6 Å². The summed E-state index contributed by atoms with van der Waals surface area (Å²) in [5.41, 5.74) is 2.88. The summed E-state index contributed by atoms with van der Waals surface area (Å²) in [6.07, 6.45) is 7.74. The zero-order chi connectivity index (χ0) is 22.9. The van der Waals surface area contributed by atoms with E-state index in [0.717, 1.165) is 68.7 Å². The van der Waals surface area contributed by atoms with Crippen molar-refractivity contribution < 1.29 is 19.1 Å². The van der Waals surface area contributed by atoms with E-state index in [4.69, 9.17) is 0 Å². The lowest BCUT2D eigenvalue weighted by Crippen LogP contribution is -2.49. The van der Waals surface area contributed by atoms with Crippen LogP contribution in [0, 0.1) is 17.7 Å². The molecule has 33 heavy (non-hydrogen) atoms. The fraction of sp³-hybridized carbons (Fsp3) is 0.520. The van der Waals surface area contributed by atoms with Gasteiger partial charge in [-0.15, -0.1) is 5.10 Å². The molecule has 0 bridgehead atoms. The van der Waals surface area contributed by atoms with Gasteiger partial charge in [0, 0.05) is 24.7 Å². The van der Waals surface area contributed by atoms with Crippen molar-refractivity contribution in [2.24, 2.45) is 11.8 Å². The largest absolute Gasteiger partial charge is 0.505 e. The van der Waals surface area contributed by atoms with Crippen LogP contribution in [-0.2, 0) is 12.8 Å². The molecule has 0 radical (unpaired) electrons. The molecule has 3 atom stereocenters. The van der Waals surface area contributed by atoms with Crippen molar-refractivity contribution in [3.05, 3.63) is 52.6 Å². The number of aryl methyl sites for hydroxylation is 2. The highest BCUT2D eigenvalue weighted by Crippen LogP contribution is 2.37. The Morgan fingerprint density at radius 1 is 1.06 bits per heavy atom. The number of nitrogens with zero attached hydrogens (tertiary/aromatic N) is 3. The normalized spacial score (nSPS) is 24.5. The van der Waals surface area contributed by atoms with E-state index in [1.165, 1.54) is 12.1 Å². The highest BCUT2D eigenvalue weighted by Gasteiger charge is 2.37. The van der Waals surface area contributed by atoms with Crippen LogP contribution in [-0.4, -0.2) is 51.1 Å². The average molecular weight is 453 g/mol. The van der Waals surface area contributed by atoms with E-state index in [2.05, 4.69) is 15.5 Å². The van der Waals surface area contributed by atoms with Crippen LogP contribution in [0.2, 0.25) is 0 Å². The van der Waals surface area contributed by atoms with Gasteiger partial charge in [-0.05, 0) is 93.0 Å². The number of aromatic hydroxyl groups is 1. The number of hydrogen-bond donors (Lipinski definition) is 2. The predicted octanol–water partition coefficient (Wildman–Crippen LogP) is 3.26. The maximum absolute atomic E-state index is 13.3. The van der Waals surface area contributed by atoms with E-state index in [1.54, 1.807) is 4.90 Å². The number of phenols is 1. The number of halogens is 1. The molecule has 2 aliphatic carbocycles. The lowest BCUT2D eigenvalue weighted by molar-refractivity contribution is 0.0477. The molecule has 1 aromatic carbocycles. The molecular weight excluding hydrogens is 423 g/mol. The summed E-state index contributed by atoms with van der Waals surface area (Å²) in [6.45, 7) is 1.27. The first kappa shape index (κ1) is 21.8. The van der Waals surface area contributed by atoms with Crippen molar-refractivity contribution in [3.8, 4) is 5.75 Å². The van der Waals surface area contributed by atoms with Gasteiger partial charge in [0.2, 0.25) is 0 Å². The molecule has 5 rings (SSSR count). The Kier molecular flexibility index (Phi) is 6.00. The van der Waals surface area contributed by atoms with Crippen LogP contribution < -0.4 is 5.32 Å². The zero-order valence-electron chi connectivity index (χ0n) is 18.6. The molecule has 2 amide bonds. The van der Waals surface area contributed by atoms with Gasteiger partial charge >= 0.3 is 0 Å². The number of carbonyl (C=O) groups excluding carboxylic acids is 2. The minimum atomic E-state index is -0.730. The van der Waals surface area contributed by atoms with Crippen LogP contribution in [0.4, 0.5) is 4.39 Å². The van der Waals surface area contributed by atoms with E-state index in [9.17, 15) is 19.1 Å². The standard InChI is InChI=1S/C25H29FN4O3/c26-20-8-6-17(13-23(20)31)25(33)30-10-9-15-11-19(7-5-18(15)14-30)27-24(32)22-12-16-3-1-2-4-21(16)28-29-22/h6,8,12-13,15,18-19,31H,1-5,7,9-11,14H2,(H,27,32). The summed E-state index contributed by atoms with van der Waals surface area (Å²) < 4.78 is 13.3. The van der Waals surface area contributed by atoms with Gasteiger partial charge in [-0.25, -0.2) is 4.39 Å². The molecular formula is C25H29FN4O3. The third-order valence-electron chi connectivity index (χ3n) is 7.48. The third kappa shape index (κ3) is 4.56. The second kappa shape index (κ2) is 9.08. The van der Waals surface area contributed by atoms with Crippen LogP contribution in [0.15, 0.2) is 24.3 Å². The number of amides is 2. The van der Waals surface area contributed by atoms with Gasteiger partial charge in [-0.1, -0.05) is 0 Å². The highest BCUT2D eigenvalue weighted by atomic mass is 19.1. The number of nitrogens with one attached hydrogen (secondary N) is 1. The van der Waals surface area contributed by atoms with Gasteiger partial charge < -0.3 is 15.3 Å². The minimum absolute atomic E-state index is 0.105. The lowest BCUT2D eigenvalue weighted by atomic mass is 9.73. The number of piperidine rings is 1. The number of likely N-dealkylation sites (tertiary alicyclic amines) is 1. The maximum atomic E-state index is 13.3. The Morgan fingerprint density at radius 3 is 2.76 bits per heavy atom. The first-order valence-corrected chi connectivity index (χ1v) is 11.9. The van der Waals surface area contributed by atoms with Gasteiger partial charge in [-0.2, -0.15) is 5.10 Å². The van der Waals surface area contributed by atoms with Crippen LogP contribution in [0.25, 0.3) is 0 Å². The molecule has 1 aromatic heterocycles. The Bertz CT molecular complexity index is 1080. The monoisotopic (exact) mass is 452 g/mol. The van der Waals surface area contributed by atoms with E-state index in [1.807, 2.05) is 6.07 Å². The van der Waals surface area contributed by atoms with Crippen molar-refractivity contribution >= 4 is 11.8 Å². The molecule has 3 unspecified atom stereocenters. The first-order chi connectivity index (χ1) is 16.0. The van der Waals surface area contributed by atoms with Gasteiger partial charge in [0.1, 0.15) is 0 Å². The number of fused-ring (bicyclic) bond motifs is 2. The molecule has 0 spiro atoms. The molecule has 1 saturated carbocycles. The van der Waals surface area contributed by atoms with Crippen molar-refractivity contribution in [3.63, 3.8) is 0 Å². The van der Waals surface area contributed by atoms with Gasteiger partial charge in [0.15, 0.2) is 17.3 Å². The van der Waals surface area contributed by atoms with Crippen molar-refractivity contribution in [1.82, 2.24) is 20.4 Å². The molecule has 1 aliphatic heterocycles. The van der Waals surface area contributed by atoms with Crippen molar-refractivity contribution in [2.45, 2.75) is 57.4 Å². The fourth-order valence-corrected chi connectivity index (χ4v) is 5.62. The van der Waals surface area contributed by atoms with Gasteiger partial charge in [0.25, 0.3) is 11.8 Å². The van der Waals surface area contributed by atoms with Gasteiger partial charge in [-0.3, -0.25) is 9.59 Å². The summed E-state index contributed by atoms with van der Waals surface area (Å²) in [6, 6.07) is 5.74. The van der Waals surface area contributed by atoms with Gasteiger partial charge in [0.05, 0.1) is 5.69 Å². The van der Waals surface area contributed by atoms with Crippen LogP contribution in [0.1, 0.15) is 70.6 Å². The quantitative estimate of drug-likeness (QED) is 0.745. The summed E-state index contributed by atoms with van der Waals surface area (Å²) in [5, 5.41) is 21.2. The zero-order valence-corrected chi connectivity index (χ0v) is 18.6. The predicted molar refractivity (Wildman–Crippen MR) is 119 cm³/mol. The summed E-state index contributed by atoms with van der Waals surface area (Å²) in [4.78, 5) is 27.4. The molecule has 8 heteroatoms. The van der Waals surface area contributed by atoms with Crippen LogP contribution >= 0.6 is 0 Å². The summed E-state index contributed by atoms with van der Waals surface area (Å²) in [7, 11) is 0. The molecule has 1 saturated heterocycles. The molecule has 3 aliphatic rings. The van der Waals surface area contributed by atoms with E-state index >= 15 is 0 Å². The smallest absolute Gasteiger partial charge is 0.272 e. The average Bonchev–Trinajstić information content (AvgIpc) is 2.84. The second-order valence-corrected chi connectivity index (χ2v) is 9.62. The lowest BCUT2D eigenvalue weighted by Gasteiger charge is -2.43. The third-order valence-corrected chi connectivity index (χ3v) is 7.48.